The van der Waals surface area contributed by atoms with Gasteiger partial charge in [-0.05, 0) is 52.6 Å². The second-order valence-corrected chi connectivity index (χ2v) is 8.19. The minimum Gasteiger partial charge on any atom is -0.507 e. The standard InChI is InChI=1S/C26H23NOS/c1-19(20-7-3-2-4-8-20)18-29-23-14-12-22(13-15-23)27-17-25-24-10-6-5-9-21(24)11-16-26(25)28/h2-17,19,28H,18H2,1H3. The van der Waals surface area contributed by atoms with Gasteiger partial charge < -0.3 is 5.11 Å². The maximum atomic E-state index is 10.3. The fraction of sp³-hybridized carbons (Fsp3) is 0.115. The maximum absolute atomic E-state index is 10.3. The Balaban J connectivity index is 1.44. The molecule has 29 heavy (non-hydrogen) atoms. The Hall–Kier alpha value is -3.04. The van der Waals surface area contributed by atoms with Gasteiger partial charge in [-0.25, -0.2) is 0 Å². The zero-order valence-electron chi connectivity index (χ0n) is 16.3. The lowest BCUT2D eigenvalue weighted by Gasteiger charge is -2.11. The summed E-state index contributed by atoms with van der Waals surface area (Å²) in [5, 5.41) is 12.3. The fourth-order valence-electron chi connectivity index (χ4n) is 3.29. The number of rotatable bonds is 6. The van der Waals surface area contributed by atoms with Crippen LogP contribution in [0.1, 0.15) is 24.0 Å². The quantitative estimate of drug-likeness (QED) is 0.276. The Morgan fingerprint density at radius 2 is 1.59 bits per heavy atom. The molecule has 0 spiro atoms. The molecule has 4 aromatic rings. The SMILES string of the molecule is CC(CSc1ccc(N=Cc2c(O)ccc3ccccc23)cc1)c1ccccc1. The maximum Gasteiger partial charge on any atom is 0.124 e. The summed E-state index contributed by atoms with van der Waals surface area (Å²) < 4.78 is 0. The predicted molar refractivity (Wildman–Crippen MR) is 125 cm³/mol. The van der Waals surface area contributed by atoms with Crippen molar-refractivity contribution in [2.24, 2.45) is 4.99 Å². The number of benzene rings is 4. The molecule has 0 aromatic heterocycles. The molecule has 1 atom stereocenters. The average molecular weight is 398 g/mol. The lowest BCUT2D eigenvalue weighted by atomic mass is 10.0. The minimum absolute atomic E-state index is 0.245. The number of phenolic OH excluding ortho intramolecular Hbond substituents is 1. The molecule has 144 valence electrons. The van der Waals surface area contributed by atoms with Crippen LogP contribution in [0.5, 0.6) is 5.75 Å². The van der Waals surface area contributed by atoms with Crippen molar-refractivity contribution in [2.75, 3.05) is 5.75 Å². The summed E-state index contributed by atoms with van der Waals surface area (Å²) in [6.45, 7) is 2.26. The van der Waals surface area contributed by atoms with Gasteiger partial charge in [-0.2, -0.15) is 0 Å². The van der Waals surface area contributed by atoms with Gasteiger partial charge in [-0.1, -0.05) is 67.6 Å². The van der Waals surface area contributed by atoms with Gasteiger partial charge in [0.2, 0.25) is 0 Å². The third kappa shape index (κ3) is 4.69. The van der Waals surface area contributed by atoms with Crippen molar-refractivity contribution in [3.63, 3.8) is 0 Å². The monoisotopic (exact) mass is 397 g/mol. The van der Waals surface area contributed by atoms with E-state index < -0.39 is 0 Å². The van der Waals surface area contributed by atoms with E-state index in [2.05, 4.69) is 54.4 Å². The number of fused-ring (bicyclic) bond motifs is 1. The molecule has 0 radical (unpaired) electrons. The van der Waals surface area contributed by atoms with Gasteiger partial charge in [0.05, 0.1) is 5.69 Å². The van der Waals surface area contributed by atoms with Crippen molar-refractivity contribution in [3.8, 4) is 5.75 Å². The third-order valence-corrected chi connectivity index (χ3v) is 6.27. The Labute approximate surface area is 175 Å². The molecular formula is C26H23NOS. The minimum atomic E-state index is 0.245. The molecule has 4 aromatic carbocycles. The summed E-state index contributed by atoms with van der Waals surface area (Å²) in [4.78, 5) is 5.81. The zero-order valence-corrected chi connectivity index (χ0v) is 17.1. The molecule has 0 aliphatic rings. The molecule has 0 saturated heterocycles. The number of hydrogen-bond acceptors (Lipinski definition) is 3. The number of nitrogens with zero attached hydrogens (tertiary/aromatic N) is 1. The van der Waals surface area contributed by atoms with E-state index in [9.17, 15) is 5.11 Å². The summed E-state index contributed by atoms with van der Waals surface area (Å²) >= 11 is 1.86. The summed E-state index contributed by atoms with van der Waals surface area (Å²) in [5.74, 6) is 1.79. The summed E-state index contributed by atoms with van der Waals surface area (Å²) in [7, 11) is 0. The van der Waals surface area contributed by atoms with Crippen molar-refractivity contribution in [1.82, 2.24) is 0 Å². The lowest BCUT2D eigenvalue weighted by Crippen LogP contribution is -1.96. The molecule has 0 aliphatic heterocycles. The highest BCUT2D eigenvalue weighted by Crippen LogP contribution is 2.29. The van der Waals surface area contributed by atoms with E-state index in [1.165, 1.54) is 10.5 Å². The molecular weight excluding hydrogens is 374 g/mol. The van der Waals surface area contributed by atoms with Gasteiger partial charge in [0.25, 0.3) is 0 Å². The van der Waals surface area contributed by atoms with Crippen LogP contribution in [-0.2, 0) is 0 Å². The lowest BCUT2D eigenvalue weighted by molar-refractivity contribution is 0.475. The van der Waals surface area contributed by atoms with E-state index in [1.807, 2.05) is 54.2 Å². The second kappa shape index (κ2) is 8.97. The molecule has 0 bridgehead atoms. The Kier molecular flexibility index (Phi) is 5.97. The van der Waals surface area contributed by atoms with Crippen LogP contribution in [0.25, 0.3) is 10.8 Å². The van der Waals surface area contributed by atoms with Crippen LogP contribution in [0, 0.1) is 0 Å². The average Bonchev–Trinajstić information content (AvgIpc) is 2.78. The van der Waals surface area contributed by atoms with Crippen molar-refractivity contribution in [2.45, 2.75) is 17.7 Å². The van der Waals surface area contributed by atoms with Gasteiger partial charge in [0.15, 0.2) is 0 Å². The molecule has 0 saturated carbocycles. The number of phenols is 1. The molecule has 0 heterocycles. The zero-order chi connectivity index (χ0) is 20.1. The predicted octanol–water partition coefficient (Wildman–Crippen LogP) is 7.19. The largest absolute Gasteiger partial charge is 0.507 e. The normalized spacial score (nSPS) is 12.4. The first kappa shape index (κ1) is 19.3. The number of aromatic hydroxyl groups is 1. The first-order valence-electron chi connectivity index (χ1n) is 9.73. The molecule has 0 fully saturated rings. The van der Waals surface area contributed by atoms with Gasteiger partial charge in [-0.15, -0.1) is 11.8 Å². The molecule has 3 heteroatoms. The number of hydrogen-bond donors (Lipinski definition) is 1. The van der Waals surface area contributed by atoms with Crippen LogP contribution in [0.3, 0.4) is 0 Å². The van der Waals surface area contributed by atoms with Gasteiger partial charge in [0.1, 0.15) is 5.75 Å². The van der Waals surface area contributed by atoms with Crippen LogP contribution in [0.15, 0.2) is 101 Å². The Bertz CT molecular complexity index is 1120. The fourth-order valence-corrected chi connectivity index (χ4v) is 4.25. The van der Waals surface area contributed by atoms with Crippen LogP contribution < -0.4 is 0 Å². The molecule has 2 nitrogen and oxygen atoms in total. The second-order valence-electron chi connectivity index (χ2n) is 7.09. The van der Waals surface area contributed by atoms with Gasteiger partial charge in [-0.3, -0.25) is 4.99 Å². The summed E-state index contributed by atoms with van der Waals surface area (Å²) in [6, 6.07) is 30.5. The molecule has 4 rings (SSSR count). The number of thioether (sulfide) groups is 1. The van der Waals surface area contributed by atoms with Crippen molar-refractivity contribution in [1.29, 1.82) is 0 Å². The Morgan fingerprint density at radius 3 is 2.38 bits per heavy atom. The van der Waals surface area contributed by atoms with Crippen molar-refractivity contribution >= 4 is 34.4 Å². The van der Waals surface area contributed by atoms with Crippen LogP contribution in [0.2, 0.25) is 0 Å². The van der Waals surface area contributed by atoms with Gasteiger partial charge >= 0.3 is 0 Å². The first-order chi connectivity index (χ1) is 14.2. The van der Waals surface area contributed by atoms with E-state index in [-0.39, 0.29) is 5.75 Å². The highest BCUT2D eigenvalue weighted by atomic mass is 32.2. The van der Waals surface area contributed by atoms with E-state index in [4.69, 9.17) is 0 Å². The molecule has 0 amide bonds. The smallest absolute Gasteiger partial charge is 0.124 e. The first-order valence-corrected chi connectivity index (χ1v) is 10.7. The van der Waals surface area contributed by atoms with Crippen molar-refractivity contribution in [3.05, 3.63) is 102 Å². The summed E-state index contributed by atoms with van der Waals surface area (Å²) in [6.07, 6.45) is 1.75. The van der Waals surface area contributed by atoms with Crippen molar-refractivity contribution < 1.29 is 5.11 Å². The third-order valence-electron chi connectivity index (χ3n) is 5.00. The molecule has 1 N–H and O–H groups in total. The van der Waals surface area contributed by atoms with E-state index in [0.717, 1.165) is 27.8 Å². The highest BCUT2D eigenvalue weighted by Gasteiger charge is 2.06. The van der Waals surface area contributed by atoms with Crippen LogP contribution in [-0.4, -0.2) is 17.1 Å². The Morgan fingerprint density at radius 1 is 0.862 bits per heavy atom. The summed E-state index contributed by atoms with van der Waals surface area (Å²) in [5.41, 5.74) is 2.99. The molecule has 1 unspecified atom stereocenters. The van der Waals surface area contributed by atoms with E-state index in [1.54, 1.807) is 12.3 Å². The molecule has 0 aliphatic carbocycles. The van der Waals surface area contributed by atoms with E-state index >= 15 is 0 Å². The van der Waals surface area contributed by atoms with Crippen LogP contribution in [0.4, 0.5) is 5.69 Å². The highest BCUT2D eigenvalue weighted by molar-refractivity contribution is 7.99. The van der Waals surface area contributed by atoms with Gasteiger partial charge in [0, 0.05) is 22.4 Å². The topological polar surface area (TPSA) is 32.6 Å². The van der Waals surface area contributed by atoms with Crippen LogP contribution >= 0.6 is 11.8 Å². The van der Waals surface area contributed by atoms with E-state index in [0.29, 0.717) is 5.92 Å². The number of aliphatic imine (C=N–C) groups is 1.